The number of likely N-dealkylation sites (N-methyl/N-ethyl adjacent to an activating group) is 1. The number of rotatable bonds is 4. The minimum atomic E-state index is 0.774. The molecular formula is C16H30N2. The van der Waals surface area contributed by atoms with Crippen molar-refractivity contribution >= 4 is 0 Å². The van der Waals surface area contributed by atoms with E-state index in [1.165, 1.54) is 70.9 Å². The number of nitrogens with one attached hydrogen (secondary N) is 1. The molecule has 1 saturated heterocycles. The van der Waals surface area contributed by atoms with Gasteiger partial charge in [0.15, 0.2) is 0 Å². The fourth-order valence-electron chi connectivity index (χ4n) is 4.16. The van der Waals surface area contributed by atoms with Crippen molar-refractivity contribution in [2.24, 2.45) is 11.8 Å². The molecule has 2 aliphatic carbocycles. The topological polar surface area (TPSA) is 15.3 Å². The van der Waals surface area contributed by atoms with Gasteiger partial charge in [0, 0.05) is 25.2 Å². The van der Waals surface area contributed by atoms with Crippen LogP contribution in [0, 0.1) is 11.8 Å². The average Bonchev–Trinajstić information content (AvgIpc) is 3.13. The maximum absolute atomic E-state index is 3.97. The highest BCUT2D eigenvalue weighted by Gasteiger charge is 2.31. The van der Waals surface area contributed by atoms with Crippen molar-refractivity contribution in [1.29, 1.82) is 0 Å². The van der Waals surface area contributed by atoms with E-state index in [2.05, 4.69) is 17.3 Å². The highest BCUT2D eigenvalue weighted by atomic mass is 15.1. The van der Waals surface area contributed by atoms with Gasteiger partial charge in [-0.15, -0.1) is 0 Å². The molecule has 1 heterocycles. The summed E-state index contributed by atoms with van der Waals surface area (Å²) in [6.45, 7) is 2.62. The quantitative estimate of drug-likeness (QED) is 0.825. The summed E-state index contributed by atoms with van der Waals surface area (Å²) in [7, 11) is 2.31. The Hall–Kier alpha value is -0.0800. The number of hydrogen-bond acceptors (Lipinski definition) is 2. The van der Waals surface area contributed by atoms with Gasteiger partial charge in [-0.2, -0.15) is 0 Å². The van der Waals surface area contributed by atoms with Crippen molar-refractivity contribution in [3.63, 3.8) is 0 Å². The van der Waals surface area contributed by atoms with E-state index in [4.69, 9.17) is 0 Å². The number of hydrogen-bond donors (Lipinski definition) is 1. The fourth-order valence-corrected chi connectivity index (χ4v) is 4.16. The van der Waals surface area contributed by atoms with Gasteiger partial charge >= 0.3 is 0 Å². The lowest BCUT2D eigenvalue weighted by Gasteiger charge is -2.39. The predicted octanol–water partition coefficient (Wildman–Crippen LogP) is 3.03. The molecule has 0 spiro atoms. The zero-order valence-corrected chi connectivity index (χ0v) is 12.0. The van der Waals surface area contributed by atoms with Crippen LogP contribution < -0.4 is 5.32 Å². The lowest BCUT2D eigenvalue weighted by molar-refractivity contribution is 0.146. The summed E-state index contributed by atoms with van der Waals surface area (Å²) in [5.74, 6) is 2.06. The summed E-state index contributed by atoms with van der Waals surface area (Å²) < 4.78 is 0. The summed E-state index contributed by atoms with van der Waals surface area (Å²) in [4.78, 5) is 2.57. The Bertz CT molecular complexity index is 254. The molecule has 0 aromatic rings. The lowest BCUT2D eigenvalue weighted by Crippen LogP contribution is -2.51. The third kappa shape index (κ3) is 3.71. The van der Waals surface area contributed by atoms with Crippen LogP contribution in [0.25, 0.3) is 0 Å². The molecule has 0 bridgehead atoms. The Labute approximate surface area is 113 Å². The van der Waals surface area contributed by atoms with Crippen molar-refractivity contribution in [3.8, 4) is 0 Å². The lowest BCUT2D eigenvalue weighted by atomic mass is 9.88. The molecule has 3 aliphatic rings. The molecule has 2 saturated carbocycles. The Morgan fingerprint density at radius 1 is 0.889 bits per heavy atom. The van der Waals surface area contributed by atoms with Crippen molar-refractivity contribution < 1.29 is 0 Å². The van der Waals surface area contributed by atoms with Gasteiger partial charge in [-0.25, -0.2) is 0 Å². The van der Waals surface area contributed by atoms with Crippen LogP contribution in [-0.4, -0.2) is 37.1 Å². The van der Waals surface area contributed by atoms with Crippen molar-refractivity contribution in [2.75, 3.05) is 20.1 Å². The molecule has 2 atom stereocenters. The third-order valence-electron chi connectivity index (χ3n) is 5.16. The van der Waals surface area contributed by atoms with E-state index in [9.17, 15) is 0 Å². The zero-order valence-electron chi connectivity index (χ0n) is 12.0. The molecule has 18 heavy (non-hydrogen) atoms. The highest BCUT2D eigenvalue weighted by Crippen LogP contribution is 2.37. The summed E-state index contributed by atoms with van der Waals surface area (Å²) >= 11 is 0. The summed E-state index contributed by atoms with van der Waals surface area (Å²) in [5, 5.41) is 3.97. The Morgan fingerprint density at radius 3 is 2.39 bits per heavy atom. The van der Waals surface area contributed by atoms with Crippen LogP contribution >= 0.6 is 0 Å². The van der Waals surface area contributed by atoms with Gasteiger partial charge in [-0.3, -0.25) is 0 Å². The molecule has 1 N–H and O–H groups in total. The number of nitrogens with zero attached hydrogens (tertiary/aromatic N) is 1. The van der Waals surface area contributed by atoms with Crippen LogP contribution in [0.4, 0.5) is 0 Å². The maximum Gasteiger partial charge on any atom is 0.0200 e. The predicted molar refractivity (Wildman–Crippen MR) is 76.7 cm³/mol. The smallest absolute Gasteiger partial charge is 0.0200 e. The monoisotopic (exact) mass is 250 g/mol. The standard InChI is InChI=1S/C16H30N2/c1-18-11-14(9-13-7-8-13)10-16(12-18)17-15-5-3-2-4-6-15/h13-17H,2-12H2,1H3. The third-order valence-corrected chi connectivity index (χ3v) is 5.16. The maximum atomic E-state index is 3.97. The number of piperidine rings is 1. The van der Waals surface area contributed by atoms with Crippen LogP contribution in [0.5, 0.6) is 0 Å². The minimum absolute atomic E-state index is 0.774. The Morgan fingerprint density at radius 2 is 1.67 bits per heavy atom. The second-order valence-corrected chi connectivity index (χ2v) is 7.20. The molecule has 0 radical (unpaired) electrons. The molecule has 0 aromatic carbocycles. The Kier molecular flexibility index (Phi) is 4.25. The van der Waals surface area contributed by atoms with E-state index >= 15 is 0 Å². The van der Waals surface area contributed by atoms with E-state index in [0.717, 1.165) is 23.9 Å². The first-order valence-corrected chi connectivity index (χ1v) is 8.24. The Balaban J connectivity index is 1.47. The molecular weight excluding hydrogens is 220 g/mol. The highest BCUT2D eigenvalue weighted by molar-refractivity contribution is 4.88. The molecule has 2 heteroatoms. The van der Waals surface area contributed by atoms with E-state index in [0.29, 0.717) is 0 Å². The summed E-state index contributed by atoms with van der Waals surface area (Å²) in [6, 6.07) is 1.60. The number of likely N-dealkylation sites (tertiary alicyclic amines) is 1. The van der Waals surface area contributed by atoms with Crippen molar-refractivity contribution in [2.45, 2.75) is 69.9 Å². The van der Waals surface area contributed by atoms with Crippen LogP contribution in [0.1, 0.15) is 57.8 Å². The zero-order chi connectivity index (χ0) is 12.4. The molecule has 0 amide bonds. The van der Waals surface area contributed by atoms with Crippen LogP contribution in [0.2, 0.25) is 0 Å². The fraction of sp³-hybridized carbons (Fsp3) is 1.00. The van der Waals surface area contributed by atoms with Gasteiger partial charge in [0.2, 0.25) is 0 Å². The van der Waals surface area contributed by atoms with Gasteiger partial charge in [0.05, 0.1) is 0 Å². The second-order valence-electron chi connectivity index (χ2n) is 7.20. The molecule has 2 unspecified atom stereocenters. The van der Waals surface area contributed by atoms with Gasteiger partial charge < -0.3 is 10.2 Å². The van der Waals surface area contributed by atoms with E-state index in [1.807, 2.05) is 0 Å². The normalized spacial score (nSPS) is 35.8. The first-order valence-electron chi connectivity index (χ1n) is 8.24. The SMILES string of the molecule is CN1CC(CC2CC2)CC(NC2CCCCC2)C1. The van der Waals surface area contributed by atoms with Gasteiger partial charge in [-0.1, -0.05) is 32.1 Å². The van der Waals surface area contributed by atoms with Gasteiger partial charge in [0.1, 0.15) is 0 Å². The largest absolute Gasteiger partial charge is 0.310 e. The van der Waals surface area contributed by atoms with E-state index < -0.39 is 0 Å². The van der Waals surface area contributed by atoms with E-state index in [1.54, 1.807) is 0 Å². The summed E-state index contributed by atoms with van der Waals surface area (Å²) in [5.41, 5.74) is 0. The van der Waals surface area contributed by atoms with Crippen LogP contribution in [-0.2, 0) is 0 Å². The van der Waals surface area contributed by atoms with Crippen molar-refractivity contribution in [1.82, 2.24) is 10.2 Å². The average molecular weight is 250 g/mol. The minimum Gasteiger partial charge on any atom is -0.310 e. The summed E-state index contributed by atoms with van der Waals surface area (Å²) in [6.07, 6.45) is 13.2. The molecule has 104 valence electrons. The van der Waals surface area contributed by atoms with Gasteiger partial charge in [0.25, 0.3) is 0 Å². The first kappa shape index (κ1) is 12.9. The molecule has 2 nitrogen and oxygen atoms in total. The van der Waals surface area contributed by atoms with Crippen LogP contribution in [0.15, 0.2) is 0 Å². The van der Waals surface area contributed by atoms with Gasteiger partial charge in [-0.05, 0) is 44.6 Å². The molecule has 3 rings (SSSR count). The first-order chi connectivity index (χ1) is 8.79. The second kappa shape index (κ2) is 5.92. The molecule has 0 aromatic heterocycles. The molecule has 3 fully saturated rings. The van der Waals surface area contributed by atoms with Crippen LogP contribution in [0.3, 0.4) is 0 Å². The van der Waals surface area contributed by atoms with Crippen molar-refractivity contribution in [3.05, 3.63) is 0 Å². The molecule has 1 aliphatic heterocycles. The van der Waals surface area contributed by atoms with E-state index in [-0.39, 0.29) is 0 Å².